The number of carbonyl (C=O) groups is 1. The molecule has 0 rings (SSSR count). The van der Waals surface area contributed by atoms with Crippen molar-refractivity contribution in [2.75, 3.05) is 20.2 Å². The number of unbranched alkanes of at least 4 members (excludes halogenated alkanes) is 8. The third-order valence-corrected chi connectivity index (χ3v) is 3.36. The molecule has 0 fully saturated rings. The molecule has 126 valence electrons. The maximum Gasteiger partial charge on any atom is 0.410 e. The predicted molar refractivity (Wildman–Crippen MR) is 87.5 cm³/mol. The highest BCUT2D eigenvalue weighted by atomic mass is 16.6. The Balaban J connectivity index is 3.40. The standard InChI is InChI=1S/C17H35NO3/c1-17(2,3)21-16(20)18(4)14-12-10-8-6-5-7-9-11-13-15-19/h19H,5-15H2,1-4H3. The van der Waals surface area contributed by atoms with Crippen molar-refractivity contribution >= 4 is 6.09 Å². The first-order valence-corrected chi connectivity index (χ1v) is 8.42. The van der Waals surface area contributed by atoms with Gasteiger partial charge < -0.3 is 14.7 Å². The first kappa shape index (κ1) is 20.2. The Morgan fingerprint density at radius 3 is 1.76 bits per heavy atom. The van der Waals surface area contributed by atoms with Gasteiger partial charge in [-0.1, -0.05) is 44.9 Å². The van der Waals surface area contributed by atoms with E-state index in [9.17, 15) is 4.79 Å². The maximum atomic E-state index is 11.7. The van der Waals surface area contributed by atoms with E-state index in [2.05, 4.69) is 0 Å². The molecule has 0 aromatic heterocycles. The third kappa shape index (κ3) is 13.9. The van der Waals surface area contributed by atoms with E-state index in [1.807, 2.05) is 20.8 Å². The fourth-order valence-electron chi connectivity index (χ4n) is 2.13. The molecule has 0 aliphatic rings. The number of ether oxygens (including phenoxy) is 1. The zero-order valence-electron chi connectivity index (χ0n) is 14.5. The van der Waals surface area contributed by atoms with Crippen LogP contribution in [0.4, 0.5) is 4.79 Å². The Hall–Kier alpha value is -0.770. The molecule has 1 amide bonds. The molecule has 4 nitrogen and oxygen atoms in total. The number of aliphatic hydroxyl groups is 1. The minimum absolute atomic E-state index is 0.230. The Kier molecular flexibility index (Phi) is 11.4. The summed E-state index contributed by atoms with van der Waals surface area (Å²) in [6.07, 6.45) is 10.4. The fraction of sp³-hybridized carbons (Fsp3) is 0.941. The molecule has 0 saturated carbocycles. The molecule has 0 spiro atoms. The predicted octanol–water partition coefficient (Wildman–Crippen LogP) is 4.36. The number of hydrogen-bond acceptors (Lipinski definition) is 3. The van der Waals surface area contributed by atoms with E-state index in [1.165, 1.54) is 38.5 Å². The molecule has 0 radical (unpaired) electrons. The van der Waals surface area contributed by atoms with Crippen molar-refractivity contribution in [2.24, 2.45) is 0 Å². The van der Waals surface area contributed by atoms with Crippen molar-refractivity contribution in [3.8, 4) is 0 Å². The molecule has 0 aromatic rings. The summed E-state index contributed by atoms with van der Waals surface area (Å²) in [5.74, 6) is 0. The van der Waals surface area contributed by atoms with Gasteiger partial charge in [-0.25, -0.2) is 4.79 Å². The topological polar surface area (TPSA) is 49.8 Å². The van der Waals surface area contributed by atoms with Gasteiger partial charge in [-0.2, -0.15) is 0 Å². The summed E-state index contributed by atoms with van der Waals surface area (Å²) in [5, 5.41) is 8.68. The van der Waals surface area contributed by atoms with Gasteiger partial charge in [-0.15, -0.1) is 0 Å². The average Bonchev–Trinajstić information content (AvgIpc) is 2.38. The van der Waals surface area contributed by atoms with Crippen LogP contribution in [0.25, 0.3) is 0 Å². The Labute approximate surface area is 130 Å². The Bertz CT molecular complexity index is 261. The van der Waals surface area contributed by atoms with Crippen molar-refractivity contribution in [1.29, 1.82) is 0 Å². The number of rotatable bonds is 11. The summed E-state index contributed by atoms with van der Waals surface area (Å²) in [6, 6.07) is 0. The molecule has 4 heteroatoms. The summed E-state index contributed by atoms with van der Waals surface area (Å²) in [5.41, 5.74) is -0.415. The lowest BCUT2D eigenvalue weighted by molar-refractivity contribution is 0.0296. The van der Waals surface area contributed by atoms with E-state index in [-0.39, 0.29) is 6.09 Å². The summed E-state index contributed by atoms with van der Waals surface area (Å²) in [7, 11) is 1.80. The van der Waals surface area contributed by atoms with Crippen molar-refractivity contribution in [2.45, 2.75) is 84.2 Å². The summed E-state index contributed by atoms with van der Waals surface area (Å²) >= 11 is 0. The second-order valence-electron chi connectivity index (χ2n) is 6.81. The smallest absolute Gasteiger partial charge is 0.410 e. The zero-order chi connectivity index (χ0) is 16.1. The number of aliphatic hydroxyl groups excluding tert-OH is 1. The third-order valence-electron chi connectivity index (χ3n) is 3.36. The van der Waals surface area contributed by atoms with Crippen LogP contribution in [-0.2, 0) is 4.74 Å². The van der Waals surface area contributed by atoms with Gasteiger partial charge in [0.15, 0.2) is 0 Å². The monoisotopic (exact) mass is 301 g/mol. The van der Waals surface area contributed by atoms with Gasteiger partial charge in [0.2, 0.25) is 0 Å². The van der Waals surface area contributed by atoms with Gasteiger partial charge in [-0.3, -0.25) is 0 Å². The average molecular weight is 301 g/mol. The van der Waals surface area contributed by atoms with E-state index >= 15 is 0 Å². The molecule has 0 aliphatic heterocycles. The maximum absolute atomic E-state index is 11.7. The molecule has 0 saturated heterocycles. The zero-order valence-corrected chi connectivity index (χ0v) is 14.5. The molecular weight excluding hydrogens is 266 g/mol. The van der Waals surface area contributed by atoms with Crippen LogP contribution in [0.1, 0.15) is 78.6 Å². The number of amides is 1. The minimum Gasteiger partial charge on any atom is -0.444 e. The van der Waals surface area contributed by atoms with Gasteiger partial charge in [0.25, 0.3) is 0 Å². The second-order valence-corrected chi connectivity index (χ2v) is 6.81. The lowest BCUT2D eigenvalue weighted by Gasteiger charge is -2.24. The van der Waals surface area contributed by atoms with E-state index in [0.717, 1.165) is 25.8 Å². The van der Waals surface area contributed by atoms with Crippen LogP contribution < -0.4 is 0 Å². The van der Waals surface area contributed by atoms with Crippen LogP contribution in [0.3, 0.4) is 0 Å². The van der Waals surface area contributed by atoms with Gasteiger partial charge in [-0.05, 0) is 33.6 Å². The lowest BCUT2D eigenvalue weighted by Crippen LogP contribution is -2.34. The van der Waals surface area contributed by atoms with Crippen LogP contribution in [0.2, 0.25) is 0 Å². The normalized spacial score (nSPS) is 11.5. The van der Waals surface area contributed by atoms with E-state index in [4.69, 9.17) is 9.84 Å². The first-order valence-electron chi connectivity index (χ1n) is 8.42. The van der Waals surface area contributed by atoms with Crippen LogP contribution in [0.15, 0.2) is 0 Å². The molecule has 21 heavy (non-hydrogen) atoms. The van der Waals surface area contributed by atoms with Crippen LogP contribution in [0.5, 0.6) is 0 Å². The van der Waals surface area contributed by atoms with Gasteiger partial charge >= 0.3 is 6.09 Å². The van der Waals surface area contributed by atoms with Gasteiger partial charge in [0.1, 0.15) is 5.60 Å². The van der Waals surface area contributed by atoms with E-state index in [1.54, 1.807) is 11.9 Å². The summed E-state index contributed by atoms with van der Waals surface area (Å²) in [6.45, 7) is 6.76. The largest absolute Gasteiger partial charge is 0.444 e. The second kappa shape index (κ2) is 11.8. The molecule has 0 atom stereocenters. The summed E-state index contributed by atoms with van der Waals surface area (Å²) < 4.78 is 5.31. The molecule has 0 bridgehead atoms. The number of hydrogen-bond donors (Lipinski definition) is 1. The Morgan fingerprint density at radius 2 is 1.33 bits per heavy atom. The van der Waals surface area contributed by atoms with Crippen LogP contribution >= 0.6 is 0 Å². The van der Waals surface area contributed by atoms with Crippen molar-refractivity contribution in [3.63, 3.8) is 0 Å². The first-order chi connectivity index (χ1) is 9.87. The van der Waals surface area contributed by atoms with E-state index < -0.39 is 5.60 Å². The molecule has 1 N–H and O–H groups in total. The minimum atomic E-state index is -0.415. The molecule has 0 aromatic carbocycles. The van der Waals surface area contributed by atoms with Crippen molar-refractivity contribution < 1.29 is 14.6 Å². The highest BCUT2D eigenvalue weighted by molar-refractivity contribution is 5.67. The Morgan fingerprint density at radius 1 is 0.905 bits per heavy atom. The number of nitrogens with zero attached hydrogens (tertiary/aromatic N) is 1. The fourth-order valence-corrected chi connectivity index (χ4v) is 2.13. The highest BCUT2D eigenvalue weighted by Crippen LogP contribution is 2.11. The van der Waals surface area contributed by atoms with Crippen LogP contribution in [0, 0.1) is 0 Å². The number of carbonyl (C=O) groups excluding carboxylic acids is 1. The van der Waals surface area contributed by atoms with Crippen molar-refractivity contribution in [3.05, 3.63) is 0 Å². The lowest BCUT2D eigenvalue weighted by atomic mass is 10.1. The van der Waals surface area contributed by atoms with Gasteiger partial charge in [0.05, 0.1) is 0 Å². The summed E-state index contributed by atoms with van der Waals surface area (Å²) in [4.78, 5) is 13.4. The van der Waals surface area contributed by atoms with E-state index in [0.29, 0.717) is 6.61 Å². The molecule has 0 heterocycles. The quantitative estimate of drug-likeness (QED) is 0.577. The highest BCUT2D eigenvalue weighted by Gasteiger charge is 2.18. The van der Waals surface area contributed by atoms with Crippen molar-refractivity contribution in [1.82, 2.24) is 4.90 Å². The van der Waals surface area contributed by atoms with Crippen LogP contribution in [-0.4, -0.2) is 41.9 Å². The molecule has 0 unspecified atom stereocenters. The molecule has 0 aliphatic carbocycles. The van der Waals surface area contributed by atoms with Gasteiger partial charge in [0, 0.05) is 20.2 Å². The molecular formula is C17H35NO3. The SMILES string of the molecule is CN(CCCCCCCCCCCO)C(=O)OC(C)(C)C.